The molecule has 0 saturated carbocycles. The number of ether oxygens (including phenoxy) is 2. The summed E-state index contributed by atoms with van der Waals surface area (Å²) in [4.78, 5) is 24.6. The van der Waals surface area contributed by atoms with E-state index in [9.17, 15) is 19.8 Å². The maximum absolute atomic E-state index is 13.2. The van der Waals surface area contributed by atoms with Crippen molar-refractivity contribution in [2.24, 2.45) is 0 Å². The summed E-state index contributed by atoms with van der Waals surface area (Å²) in [5.74, 6) is -0.262. The molecule has 186 valence electrons. The van der Waals surface area contributed by atoms with Crippen molar-refractivity contribution in [1.82, 2.24) is 10.6 Å². The van der Waals surface area contributed by atoms with Gasteiger partial charge < -0.3 is 35.6 Å². The Kier molecular flexibility index (Phi) is 6.04. The lowest BCUT2D eigenvalue weighted by Crippen LogP contribution is -2.36. The third-order valence-corrected chi connectivity index (χ3v) is 6.22. The van der Waals surface area contributed by atoms with E-state index in [0.717, 1.165) is 0 Å². The Morgan fingerprint density at radius 1 is 0.973 bits per heavy atom. The Labute approximate surface area is 217 Å². The van der Waals surface area contributed by atoms with Crippen LogP contribution >= 0.6 is 12.2 Å². The van der Waals surface area contributed by atoms with Crippen LogP contribution in [0.2, 0.25) is 0 Å². The number of carbonyl (C=O) groups excluding carboxylic acids is 2. The zero-order chi connectivity index (χ0) is 26.2. The number of thiocarbonyl (C=S) groups is 1. The van der Waals surface area contributed by atoms with Crippen molar-refractivity contribution in [2.75, 3.05) is 18.4 Å². The van der Waals surface area contributed by atoms with Crippen molar-refractivity contribution >= 4 is 34.9 Å². The summed E-state index contributed by atoms with van der Waals surface area (Å²) in [6.07, 6.45) is 1.20. The first-order valence-electron chi connectivity index (χ1n) is 11.2. The molecule has 37 heavy (non-hydrogen) atoms. The normalized spacial score (nSPS) is 13.7. The van der Waals surface area contributed by atoms with Gasteiger partial charge in [-0.2, -0.15) is 0 Å². The molecular formula is C27H21N3O6S. The quantitative estimate of drug-likeness (QED) is 0.114. The van der Waals surface area contributed by atoms with E-state index < -0.39 is 11.6 Å². The summed E-state index contributed by atoms with van der Waals surface area (Å²) in [6, 6.07) is 14.4. The van der Waals surface area contributed by atoms with Gasteiger partial charge in [-0.05, 0) is 48.6 Å². The number of amides is 1. The van der Waals surface area contributed by atoms with Crippen LogP contribution in [-0.4, -0.2) is 40.3 Å². The van der Waals surface area contributed by atoms with Crippen LogP contribution in [0.5, 0.6) is 23.0 Å². The zero-order valence-electron chi connectivity index (χ0n) is 19.3. The molecule has 0 unspecified atom stereocenters. The van der Waals surface area contributed by atoms with E-state index >= 15 is 0 Å². The van der Waals surface area contributed by atoms with Crippen LogP contribution in [0.1, 0.15) is 27.0 Å². The standard InChI is InChI=1S/C27H21N3O6S/c1-2-3-24(33)28-10-11-29-26(37)30-15-4-7-19-18(12-15)25(34)36-27(19)20-8-5-16(31)13-22(20)35-23-14-17(32)6-9-21(23)27/h3-9,12-14,31-32H,1,10-11H2,(H,28,33)(H2,29,30,37). The predicted molar refractivity (Wildman–Crippen MR) is 139 cm³/mol. The van der Waals surface area contributed by atoms with Crippen LogP contribution in [-0.2, 0) is 15.1 Å². The number of fused-ring (bicyclic) bond motifs is 6. The van der Waals surface area contributed by atoms with Crippen molar-refractivity contribution in [3.63, 3.8) is 0 Å². The number of phenolic OH excluding ortho intramolecular Hbond substituents is 2. The van der Waals surface area contributed by atoms with Gasteiger partial charge >= 0.3 is 5.97 Å². The number of aromatic hydroxyl groups is 2. The van der Waals surface area contributed by atoms with Crippen LogP contribution in [0, 0.1) is 0 Å². The van der Waals surface area contributed by atoms with Gasteiger partial charge in [-0.25, -0.2) is 4.79 Å². The van der Waals surface area contributed by atoms with E-state index in [2.05, 4.69) is 28.3 Å². The summed E-state index contributed by atoms with van der Waals surface area (Å²) in [5, 5.41) is 29.0. The topological polar surface area (TPSA) is 129 Å². The fourth-order valence-corrected chi connectivity index (χ4v) is 4.68. The van der Waals surface area contributed by atoms with E-state index in [1.54, 1.807) is 30.3 Å². The number of anilines is 1. The first-order chi connectivity index (χ1) is 17.8. The molecule has 0 saturated heterocycles. The van der Waals surface area contributed by atoms with Crippen molar-refractivity contribution in [2.45, 2.75) is 5.60 Å². The van der Waals surface area contributed by atoms with E-state index in [-0.39, 0.29) is 17.4 Å². The minimum atomic E-state index is -1.33. The lowest BCUT2D eigenvalue weighted by atomic mass is 9.77. The molecule has 3 aromatic rings. The number of hydrogen-bond acceptors (Lipinski definition) is 7. The van der Waals surface area contributed by atoms with Gasteiger partial charge in [-0.1, -0.05) is 12.6 Å². The van der Waals surface area contributed by atoms with Gasteiger partial charge in [-0.15, -0.1) is 5.73 Å². The average Bonchev–Trinajstić information content (AvgIpc) is 3.14. The fraction of sp³-hybridized carbons (Fsp3) is 0.111. The minimum Gasteiger partial charge on any atom is -0.508 e. The highest BCUT2D eigenvalue weighted by molar-refractivity contribution is 7.80. The molecule has 9 nitrogen and oxygen atoms in total. The van der Waals surface area contributed by atoms with Crippen LogP contribution in [0.15, 0.2) is 73.0 Å². The van der Waals surface area contributed by atoms with Crippen LogP contribution in [0.3, 0.4) is 0 Å². The predicted octanol–water partition coefficient (Wildman–Crippen LogP) is 3.41. The molecule has 5 N–H and O–H groups in total. The molecule has 5 rings (SSSR count). The lowest BCUT2D eigenvalue weighted by Gasteiger charge is -2.36. The second kappa shape index (κ2) is 9.34. The Balaban J connectivity index is 1.44. The summed E-state index contributed by atoms with van der Waals surface area (Å²) < 4.78 is 12.0. The number of phenols is 2. The van der Waals surface area contributed by atoms with Crippen molar-refractivity contribution in [1.29, 1.82) is 0 Å². The van der Waals surface area contributed by atoms with Crippen molar-refractivity contribution < 1.29 is 29.3 Å². The van der Waals surface area contributed by atoms with E-state index in [1.807, 2.05) is 0 Å². The highest BCUT2D eigenvalue weighted by atomic mass is 32.1. The largest absolute Gasteiger partial charge is 0.508 e. The lowest BCUT2D eigenvalue weighted by molar-refractivity contribution is -0.116. The zero-order valence-corrected chi connectivity index (χ0v) is 20.1. The fourth-order valence-electron chi connectivity index (χ4n) is 4.46. The second-order valence-corrected chi connectivity index (χ2v) is 8.72. The Morgan fingerprint density at radius 3 is 2.24 bits per heavy atom. The molecule has 2 aliphatic rings. The smallest absolute Gasteiger partial charge is 0.340 e. The Morgan fingerprint density at radius 2 is 1.59 bits per heavy atom. The number of rotatable bonds is 5. The van der Waals surface area contributed by atoms with Gasteiger partial charge in [0.25, 0.3) is 5.91 Å². The number of carbonyl (C=O) groups is 2. The second-order valence-electron chi connectivity index (χ2n) is 8.31. The number of nitrogens with one attached hydrogen (secondary N) is 3. The van der Waals surface area contributed by atoms with Gasteiger partial charge in [0.1, 0.15) is 23.0 Å². The molecule has 0 bridgehead atoms. The van der Waals surface area contributed by atoms with E-state index in [4.69, 9.17) is 21.7 Å². The van der Waals surface area contributed by atoms with Gasteiger partial charge in [0.2, 0.25) is 0 Å². The van der Waals surface area contributed by atoms with E-state index in [1.165, 1.54) is 30.3 Å². The van der Waals surface area contributed by atoms with Gasteiger partial charge in [-0.3, -0.25) is 4.79 Å². The molecule has 2 aliphatic heterocycles. The van der Waals surface area contributed by atoms with Gasteiger partial charge in [0.05, 0.1) is 5.56 Å². The first-order valence-corrected chi connectivity index (χ1v) is 11.6. The number of hydrogen-bond donors (Lipinski definition) is 5. The molecule has 0 aromatic heterocycles. The monoisotopic (exact) mass is 515 g/mol. The summed E-state index contributed by atoms with van der Waals surface area (Å²) >= 11 is 5.33. The molecule has 1 spiro atoms. The molecule has 0 aliphatic carbocycles. The summed E-state index contributed by atoms with van der Waals surface area (Å²) in [7, 11) is 0. The Bertz CT molecular complexity index is 1460. The highest BCUT2D eigenvalue weighted by Gasteiger charge is 2.53. The van der Waals surface area contributed by atoms with E-state index in [0.29, 0.717) is 57.6 Å². The summed E-state index contributed by atoms with van der Waals surface area (Å²) in [6.45, 7) is 4.06. The minimum absolute atomic E-state index is 0.0145. The molecule has 0 radical (unpaired) electrons. The van der Waals surface area contributed by atoms with Crippen LogP contribution < -0.4 is 20.7 Å². The van der Waals surface area contributed by atoms with Gasteiger partial charge in [0.15, 0.2) is 10.7 Å². The number of esters is 1. The van der Waals surface area contributed by atoms with Crippen LogP contribution in [0.4, 0.5) is 5.69 Å². The van der Waals surface area contributed by atoms with Crippen molar-refractivity contribution in [3.05, 3.63) is 95.2 Å². The third kappa shape index (κ3) is 4.24. The SMILES string of the molecule is C=C=CC(=O)NCCNC(=S)Nc1ccc2c(c1)C(=O)OC21c2ccc(O)cc2Oc2cc(O)ccc21. The van der Waals surface area contributed by atoms with Crippen LogP contribution in [0.25, 0.3) is 0 Å². The maximum atomic E-state index is 13.2. The number of benzene rings is 3. The van der Waals surface area contributed by atoms with Gasteiger partial charge in [0, 0.05) is 53.7 Å². The molecule has 1 amide bonds. The Hall–Kier alpha value is -4.79. The molecule has 10 heteroatoms. The molecule has 0 fully saturated rings. The molecule has 3 aromatic carbocycles. The third-order valence-electron chi connectivity index (χ3n) is 5.97. The maximum Gasteiger partial charge on any atom is 0.340 e. The first kappa shape index (κ1) is 23.9. The summed E-state index contributed by atoms with van der Waals surface area (Å²) in [5.41, 5.74) is 3.64. The molecular weight excluding hydrogens is 494 g/mol. The average molecular weight is 516 g/mol. The highest BCUT2D eigenvalue weighted by Crippen LogP contribution is 2.57. The van der Waals surface area contributed by atoms with Crippen molar-refractivity contribution in [3.8, 4) is 23.0 Å². The molecule has 2 heterocycles. The molecule has 0 atom stereocenters.